The minimum atomic E-state index is -5.46. The average molecular weight is 418 g/mol. The predicted molar refractivity (Wildman–Crippen MR) is 80.0 cm³/mol. The predicted octanol–water partition coefficient (Wildman–Crippen LogP) is 3.32. The zero-order chi connectivity index (χ0) is 15.6. The highest BCUT2D eigenvalue weighted by Gasteiger charge is 2.44. The summed E-state index contributed by atoms with van der Waals surface area (Å²) in [5, 5.41) is -4.31. The minimum absolute atomic E-state index is 0.181. The molecule has 0 unspecified atom stereocenters. The van der Waals surface area contributed by atoms with Gasteiger partial charge in [0.15, 0.2) is 0 Å². The normalized spacial score (nSPS) is 12.4. The molecule has 0 saturated carbocycles. The first-order chi connectivity index (χ1) is 9.04. The molecule has 1 aromatic carbocycles. The summed E-state index contributed by atoms with van der Waals surface area (Å²) in [5.74, 6) is 0. The lowest BCUT2D eigenvalue weighted by Crippen LogP contribution is -2.33. The molecule has 4 nitrogen and oxygen atoms in total. The Morgan fingerprint density at radius 3 is 2.55 bits per heavy atom. The molecular formula is C12H13F2IO4S. The summed E-state index contributed by atoms with van der Waals surface area (Å²) < 4.78 is 60.4. The molecule has 0 saturated heterocycles. The lowest BCUT2D eigenvalue weighted by molar-refractivity contribution is -0.0266. The summed E-state index contributed by atoms with van der Waals surface area (Å²) in [5.41, 5.74) is 2.43. The van der Waals surface area contributed by atoms with E-state index in [4.69, 9.17) is 4.55 Å². The van der Waals surface area contributed by atoms with E-state index in [2.05, 4.69) is 11.3 Å². The molecule has 0 aromatic heterocycles. The monoisotopic (exact) mass is 418 g/mol. The van der Waals surface area contributed by atoms with Gasteiger partial charge in [0.05, 0.1) is 6.61 Å². The number of hydrogen-bond donors (Lipinski definition) is 1. The summed E-state index contributed by atoms with van der Waals surface area (Å²) >= 11 is 2.02. The Morgan fingerprint density at radius 2 is 2.10 bits per heavy atom. The number of halogens is 3. The molecule has 0 aliphatic heterocycles. The second-order valence-electron chi connectivity index (χ2n) is 4.19. The van der Waals surface area contributed by atoms with Crippen molar-refractivity contribution >= 4 is 38.3 Å². The summed E-state index contributed by atoms with van der Waals surface area (Å²) in [7, 11) is -5.46. The molecule has 0 aliphatic rings. The van der Waals surface area contributed by atoms with Crippen LogP contribution in [0.2, 0.25) is 0 Å². The van der Waals surface area contributed by atoms with Crippen LogP contribution in [0.15, 0.2) is 24.8 Å². The number of ether oxygens (including phenoxy) is 1. The Hall–Kier alpha value is -0.580. The molecule has 1 aromatic rings. The number of rotatable bonds is 6. The molecule has 0 atom stereocenters. The van der Waals surface area contributed by atoms with Crippen LogP contribution in [0.5, 0.6) is 0 Å². The smallest absolute Gasteiger partial charge is 0.369 e. The van der Waals surface area contributed by atoms with Gasteiger partial charge < -0.3 is 4.74 Å². The maximum Gasteiger partial charge on any atom is 0.392 e. The third-order valence-corrected chi connectivity index (χ3v) is 4.33. The van der Waals surface area contributed by atoms with Gasteiger partial charge in [0.25, 0.3) is 0 Å². The molecule has 1 N–H and O–H groups in total. The van der Waals surface area contributed by atoms with Crippen molar-refractivity contribution in [2.75, 3.05) is 6.61 Å². The lowest BCUT2D eigenvalue weighted by atomic mass is 10.1. The minimum Gasteiger partial charge on any atom is -0.369 e. The molecule has 0 fully saturated rings. The zero-order valence-electron chi connectivity index (χ0n) is 10.6. The Morgan fingerprint density at radius 1 is 1.50 bits per heavy atom. The van der Waals surface area contributed by atoms with E-state index in [-0.39, 0.29) is 6.61 Å². The molecule has 0 aliphatic carbocycles. The van der Waals surface area contributed by atoms with Gasteiger partial charge in [-0.15, -0.1) is 0 Å². The molecule has 0 amide bonds. The quantitative estimate of drug-likeness (QED) is 0.569. The van der Waals surface area contributed by atoms with E-state index in [0.717, 1.165) is 14.7 Å². The van der Waals surface area contributed by atoms with E-state index < -0.39 is 22.0 Å². The van der Waals surface area contributed by atoms with Gasteiger partial charge in [-0.1, -0.05) is 24.3 Å². The van der Waals surface area contributed by atoms with Gasteiger partial charge in [0.2, 0.25) is 0 Å². The molecule has 0 bridgehead atoms. The number of hydrogen-bond acceptors (Lipinski definition) is 3. The van der Waals surface area contributed by atoms with Crippen LogP contribution in [0.3, 0.4) is 0 Å². The molecule has 0 heterocycles. The highest BCUT2D eigenvalue weighted by atomic mass is 127. The molecule has 0 radical (unpaired) electrons. The van der Waals surface area contributed by atoms with Crippen LogP contribution in [0.25, 0.3) is 5.57 Å². The van der Waals surface area contributed by atoms with Gasteiger partial charge in [0.1, 0.15) is 6.61 Å². The summed E-state index contributed by atoms with van der Waals surface area (Å²) in [6, 6.07) is 5.28. The van der Waals surface area contributed by atoms with E-state index in [9.17, 15) is 17.2 Å². The van der Waals surface area contributed by atoms with Crippen molar-refractivity contribution in [3.05, 3.63) is 39.5 Å². The Labute approximate surface area is 129 Å². The average Bonchev–Trinajstić information content (AvgIpc) is 2.29. The van der Waals surface area contributed by atoms with Gasteiger partial charge >= 0.3 is 15.4 Å². The Bertz CT molecular complexity index is 614. The van der Waals surface area contributed by atoms with Crippen molar-refractivity contribution in [3.8, 4) is 0 Å². The Kier molecular flexibility index (Phi) is 5.64. The standard InChI is InChI=1S/C12H13F2IO4S/c1-8(2)9-3-4-10(11(15)5-9)6-19-7-12(13,14)20(16,17)18/h3-5H,1,6-7H2,2H3,(H,16,17,18). The second-order valence-corrected chi connectivity index (χ2v) is 6.90. The van der Waals surface area contributed by atoms with Crippen LogP contribution >= 0.6 is 22.6 Å². The van der Waals surface area contributed by atoms with E-state index >= 15 is 0 Å². The van der Waals surface area contributed by atoms with Crippen molar-refractivity contribution in [2.24, 2.45) is 0 Å². The fourth-order valence-corrected chi connectivity index (χ4v) is 2.19. The summed E-state index contributed by atoms with van der Waals surface area (Å²) in [6.45, 7) is 4.05. The fourth-order valence-electron chi connectivity index (χ4n) is 1.28. The maximum absolute atomic E-state index is 12.9. The molecule has 20 heavy (non-hydrogen) atoms. The first kappa shape index (κ1) is 17.5. The van der Waals surface area contributed by atoms with Crippen molar-refractivity contribution in [2.45, 2.75) is 18.8 Å². The van der Waals surface area contributed by atoms with Crippen LogP contribution in [0, 0.1) is 3.57 Å². The largest absolute Gasteiger partial charge is 0.392 e. The van der Waals surface area contributed by atoms with E-state index in [1.165, 1.54) is 0 Å². The highest BCUT2D eigenvalue weighted by Crippen LogP contribution is 2.23. The Balaban J connectivity index is 2.70. The van der Waals surface area contributed by atoms with Crippen LogP contribution in [-0.2, 0) is 21.5 Å². The van der Waals surface area contributed by atoms with Gasteiger partial charge in [-0.2, -0.15) is 17.2 Å². The first-order valence-electron chi connectivity index (χ1n) is 5.41. The van der Waals surface area contributed by atoms with Crippen LogP contribution in [0.1, 0.15) is 18.1 Å². The van der Waals surface area contributed by atoms with Gasteiger partial charge in [-0.25, -0.2) is 0 Å². The van der Waals surface area contributed by atoms with Crippen LogP contribution in [0.4, 0.5) is 8.78 Å². The van der Waals surface area contributed by atoms with Crippen LogP contribution in [-0.4, -0.2) is 24.8 Å². The van der Waals surface area contributed by atoms with Crippen molar-refractivity contribution < 1.29 is 26.5 Å². The third-order valence-electron chi connectivity index (χ3n) is 2.45. The van der Waals surface area contributed by atoms with Gasteiger partial charge in [0, 0.05) is 3.57 Å². The van der Waals surface area contributed by atoms with Gasteiger partial charge in [-0.05, 0) is 46.7 Å². The fraction of sp³-hybridized carbons (Fsp3) is 0.333. The maximum atomic E-state index is 12.9. The van der Waals surface area contributed by atoms with Crippen molar-refractivity contribution in [1.82, 2.24) is 0 Å². The summed E-state index contributed by atoms with van der Waals surface area (Å²) in [4.78, 5) is 0. The van der Waals surface area contributed by atoms with Crippen molar-refractivity contribution in [1.29, 1.82) is 0 Å². The number of benzene rings is 1. The SMILES string of the molecule is C=C(C)c1ccc(COCC(F)(F)S(=O)(=O)O)c(I)c1. The van der Waals surface area contributed by atoms with Crippen molar-refractivity contribution in [3.63, 3.8) is 0 Å². The van der Waals surface area contributed by atoms with E-state index in [1.807, 2.05) is 35.6 Å². The lowest BCUT2D eigenvalue weighted by Gasteiger charge is -2.14. The number of allylic oxidation sites excluding steroid dienone is 1. The second kappa shape index (κ2) is 6.46. The highest BCUT2D eigenvalue weighted by molar-refractivity contribution is 14.1. The topological polar surface area (TPSA) is 63.6 Å². The first-order valence-corrected chi connectivity index (χ1v) is 7.93. The van der Waals surface area contributed by atoms with E-state index in [1.54, 1.807) is 12.1 Å². The molecule has 8 heteroatoms. The number of alkyl halides is 2. The van der Waals surface area contributed by atoms with Crippen LogP contribution < -0.4 is 0 Å². The molecular weight excluding hydrogens is 405 g/mol. The van der Waals surface area contributed by atoms with Gasteiger partial charge in [-0.3, -0.25) is 4.55 Å². The molecule has 0 spiro atoms. The molecule has 112 valence electrons. The van der Waals surface area contributed by atoms with E-state index in [0.29, 0.717) is 5.56 Å². The summed E-state index contributed by atoms with van der Waals surface area (Å²) in [6.07, 6.45) is 0. The third kappa shape index (κ3) is 4.47. The molecule has 1 rings (SSSR count). The zero-order valence-corrected chi connectivity index (χ0v) is 13.5.